The predicted octanol–water partition coefficient (Wildman–Crippen LogP) is 0.325. The number of anilines is 1. The molecule has 0 saturated carbocycles. The minimum Gasteiger partial charge on any atom is -0.387 e. The fourth-order valence-corrected chi connectivity index (χ4v) is 2.84. The Morgan fingerprint density at radius 2 is 2.08 bits per heavy atom. The van der Waals surface area contributed by atoms with Crippen molar-refractivity contribution in [2.24, 2.45) is 5.11 Å². The van der Waals surface area contributed by atoms with Crippen LogP contribution in [0, 0.1) is 0 Å². The van der Waals surface area contributed by atoms with E-state index in [1.807, 2.05) is 6.07 Å². The van der Waals surface area contributed by atoms with Crippen LogP contribution in [-0.2, 0) is 11.2 Å². The number of rotatable bonds is 4. The lowest BCUT2D eigenvalue weighted by molar-refractivity contribution is -0.101. The van der Waals surface area contributed by atoms with Gasteiger partial charge in [-0.1, -0.05) is 35.4 Å². The minimum absolute atomic E-state index is 0.0138. The Morgan fingerprint density at radius 1 is 1.36 bits per heavy atom. The van der Waals surface area contributed by atoms with Crippen LogP contribution >= 0.6 is 0 Å². The topological polar surface area (TPSA) is 159 Å². The van der Waals surface area contributed by atoms with Crippen molar-refractivity contribution in [1.29, 1.82) is 0 Å². The first-order valence-electron chi connectivity index (χ1n) is 7.45. The number of aliphatic hydroxyl groups is 2. The number of nitrogens with zero attached hydrogens (tertiary/aromatic N) is 5. The largest absolute Gasteiger partial charge is 0.387 e. The van der Waals surface area contributed by atoms with Crippen molar-refractivity contribution in [2.45, 2.75) is 30.6 Å². The molecule has 2 heterocycles. The van der Waals surface area contributed by atoms with Crippen LogP contribution in [0.1, 0.15) is 11.8 Å². The molecule has 0 amide bonds. The van der Waals surface area contributed by atoms with Crippen LogP contribution in [0.3, 0.4) is 0 Å². The summed E-state index contributed by atoms with van der Waals surface area (Å²) in [6.07, 6.45) is -3.01. The highest BCUT2D eigenvalue weighted by Crippen LogP contribution is 2.40. The highest BCUT2D eigenvalue weighted by molar-refractivity contribution is 5.24. The maximum absolute atomic E-state index is 12.0. The summed E-state index contributed by atoms with van der Waals surface area (Å²) < 4.78 is 6.68. The second-order valence-electron chi connectivity index (χ2n) is 5.68. The SMILES string of the molecule is [N-]=[N+]=N[C@@]1(Cc2ccccc2)O[C@@H](n2ccc(N)nc2=O)[C@H](O)[C@@H]1O. The molecule has 4 atom stereocenters. The van der Waals surface area contributed by atoms with E-state index in [4.69, 9.17) is 16.0 Å². The molecule has 2 aromatic rings. The van der Waals surface area contributed by atoms with Crippen LogP contribution in [0.5, 0.6) is 0 Å². The van der Waals surface area contributed by atoms with Gasteiger partial charge >= 0.3 is 5.69 Å². The lowest BCUT2D eigenvalue weighted by Crippen LogP contribution is -2.43. The van der Waals surface area contributed by atoms with Crippen LogP contribution in [0.4, 0.5) is 5.82 Å². The van der Waals surface area contributed by atoms with Gasteiger partial charge < -0.3 is 20.7 Å². The standard InChI is InChI=1S/C15H16N6O4/c16-10-6-7-21(14(24)18-10)13-11(22)12(23)15(25-13,19-20-17)8-9-4-2-1-3-5-9/h1-7,11-13,22-23H,8H2,(H2,16,18,24)/t11-,12+,13-,15+/m1/s1. The van der Waals surface area contributed by atoms with Crippen LogP contribution in [0.2, 0.25) is 0 Å². The third-order valence-electron chi connectivity index (χ3n) is 4.04. The molecule has 10 nitrogen and oxygen atoms in total. The number of aromatic nitrogens is 2. The summed E-state index contributed by atoms with van der Waals surface area (Å²) in [5, 5.41) is 24.4. The average Bonchev–Trinajstić information content (AvgIpc) is 2.82. The van der Waals surface area contributed by atoms with Crippen molar-refractivity contribution in [3.8, 4) is 0 Å². The highest BCUT2D eigenvalue weighted by Gasteiger charge is 2.55. The second-order valence-corrected chi connectivity index (χ2v) is 5.68. The van der Waals surface area contributed by atoms with E-state index in [1.54, 1.807) is 24.3 Å². The zero-order valence-corrected chi connectivity index (χ0v) is 13.0. The molecule has 0 unspecified atom stereocenters. The van der Waals surface area contributed by atoms with E-state index in [0.717, 1.165) is 10.1 Å². The van der Waals surface area contributed by atoms with Crippen molar-refractivity contribution < 1.29 is 14.9 Å². The van der Waals surface area contributed by atoms with Crippen molar-refractivity contribution in [3.63, 3.8) is 0 Å². The number of benzene rings is 1. The van der Waals surface area contributed by atoms with Crippen molar-refractivity contribution in [1.82, 2.24) is 9.55 Å². The molecular weight excluding hydrogens is 328 g/mol. The van der Waals surface area contributed by atoms with Crippen LogP contribution in [0.25, 0.3) is 10.4 Å². The fraction of sp³-hybridized carbons (Fsp3) is 0.333. The first-order chi connectivity index (χ1) is 12.0. The van der Waals surface area contributed by atoms with Gasteiger partial charge in [0.25, 0.3) is 0 Å². The summed E-state index contributed by atoms with van der Waals surface area (Å²) in [5.74, 6) is 0.0138. The van der Waals surface area contributed by atoms with E-state index in [1.165, 1.54) is 12.3 Å². The minimum atomic E-state index is -1.76. The van der Waals surface area contributed by atoms with Crippen LogP contribution < -0.4 is 11.4 Å². The van der Waals surface area contributed by atoms with Crippen LogP contribution in [-0.4, -0.2) is 37.7 Å². The van der Waals surface area contributed by atoms with Crippen molar-refractivity contribution in [3.05, 3.63) is 69.1 Å². The monoisotopic (exact) mass is 344 g/mol. The lowest BCUT2D eigenvalue weighted by atomic mass is 9.96. The molecule has 1 aromatic carbocycles. The second kappa shape index (κ2) is 6.54. The third-order valence-corrected chi connectivity index (χ3v) is 4.04. The summed E-state index contributed by atoms with van der Waals surface area (Å²) >= 11 is 0. The summed E-state index contributed by atoms with van der Waals surface area (Å²) in [6, 6.07) is 10.3. The number of aliphatic hydroxyl groups excluding tert-OH is 2. The van der Waals surface area contributed by atoms with Gasteiger partial charge in [-0.3, -0.25) is 4.57 Å². The number of hydrogen-bond acceptors (Lipinski definition) is 7. The van der Waals surface area contributed by atoms with Gasteiger partial charge in [-0.05, 0) is 17.2 Å². The molecule has 130 valence electrons. The Morgan fingerprint density at radius 3 is 2.72 bits per heavy atom. The summed E-state index contributed by atoms with van der Waals surface area (Å²) in [4.78, 5) is 18.3. The molecule has 0 radical (unpaired) electrons. The smallest absolute Gasteiger partial charge is 0.351 e. The van der Waals surface area contributed by atoms with Gasteiger partial charge in [-0.25, -0.2) is 4.79 Å². The fourth-order valence-electron chi connectivity index (χ4n) is 2.84. The van der Waals surface area contributed by atoms with Gasteiger partial charge in [-0.2, -0.15) is 4.98 Å². The Kier molecular flexibility index (Phi) is 4.43. The number of ether oxygens (including phenoxy) is 1. The molecule has 0 aliphatic carbocycles. The van der Waals surface area contributed by atoms with Gasteiger partial charge in [0.2, 0.25) is 0 Å². The molecule has 1 aliphatic heterocycles. The van der Waals surface area contributed by atoms with Gasteiger partial charge in [-0.15, -0.1) is 0 Å². The molecule has 4 N–H and O–H groups in total. The Balaban J connectivity index is 2.00. The zero-order valence-electron chi connectivity index (χ0n) is 13.0. The zero-order chi connectivity index (χ0) is 18.0. The van der Waals surface area contributed by atoms with Gasteiger partial charge in [0, 0.05) is 17.5 Å². The summed E-state index contributed by atoms with van der Waals surface area (Å²) in [5.41, 5.74) is 12.6. The predicted molar refractivity (Wildman–Crippen MR) is 87.1 cm³/mol. The first kappa shape index (κ1) is 16.9. The van der Waals surface area contributed by atoms with E-state index in [2.05, 4.69) is 15.0 Å². The molecule has 3 rings (SSSR count). The Bertz CT molecular complexity index is 866. The molecule has 1 saturated heterocycles. The van der Waals surface area contributed by atoms with Crippen molar-refractivity contribution >= 4 is 5.82 Å². The van der Waals surface area contributed by atoms with E-state index in [9.17, 15) is 15.0 Å². The van der Waals surface area contributed by atoms with Crippen LogP contribution in [0.15, 0.2) is 52.5 Å². The molecule has 1 aromatic heterocycles. The quantitative estimate of drug-likeness (QED) is 0.411. The first-order valence-corrected chi connectivity index (χ1v) is 7.45. The van der Waals surface area contributed by atoms with Gasteiger partial charge in [0.1, 0.15) is 18.0 Å². The number of nitrogens with two attached hydrogens (primary N) is 1. The molecular formula is C15H16N6O4. The Hall–Kier alpha value is -2.91. The van der Waals surface area contributed by atoms with Crippen molar-refractivity contribution in [2.75, 3.05) is 5.73 Å². The molecule has 10 heteroatoms. The number of nitrogen functional groups attached to an aromatic ring is 1. The number of hydrogen-bond donors (Lipinski definition) is 3. The van der Waals surface area contributed by atoms with Gasteiger partial charge in [0.15, 0.2) is 12.0 Å². The molecule has 25 heavy (non-hydrogen) atoms. The highest BCUT2D eigenvalue weighted by atomic mass is 16.6. The van der Waals surface area contributed by atoms with E-state index in [-0.39, 0.29) is 12.2 Å². The normalized spacial score (nSPS) is 28.5. The maximum Gasteiger partial charge on any atom is 0.351 e. The molecule has 0 spiro atoms. The lowest BCUT2D eigenvalue weighted by Gasteiger charge is -2.26. The maximum atomic E-state index is 12.0. The Labute approximate surface area is 141 Å². The molecule has 1 fully saturated rings. The van der Waals surface area contributed by atoms with Gasteiger partial charge in [0.05, 0.1) is 0 Å². The van der Waals surface area contributed by atoms with E-state index < -0.39 is 29.9 Å². The molecule has 0 bridgehead atoms. The molecule has 1 aliphatic rings. The summed E-state index contributed by atoms with van der Waals surface area (Å²) in [6.45, 7) is 0. The van der Waals surface area contributed by atoms with E-state index in [0.29, 0.717) is 0 Å². The summed E-state index contributed by atoms with van der Waals surface area (Å²) in [7, 11) is 0. The third kappa shape index (κ3) is 3.06. The van der Waals surface area contributed by atoms with E-state index >= 15 is 0 Å². The average molecular weight is 344 g/mol. The number of azide groups is 1.